The summed E-state index contributed by atoms with van der Waals surface area (Å²) < 4.78 is 31.6. The lowest BCUT2D eigenvalue weighted by Gasteiger charge is -2.55. The molecule has 0 radical (unpaired) electrons. The Bertz CT molecular complexity index is 2310. The zero-order valence-electron chi connectivity index (χ0n) is 38.5. The number of aliphatic hydroxyl groups excluding tert-OH is 1. The molecule has 0 bridgehead atoms. The Morgan fingerprint density at radius 2 is 1.73 bits per heavy atom. The second-order valence-electron chi connectivity index (χ2n) is 20.5. The molecule has 2 fully saturated rings. The molecule has 3 aliphatic carbocycles. The van der Waals surface area contributed by atoms with E-state index >= 15 is 9.59 Å². The fourth-order valence-electron chi connectivity index (χ4n) is 10.7. The van der Waals surface area contributed by atoms with Gasteiger partial charge >= 0.3 is 6.16 Å². The fraction of sp³-hybridized carbons (Fsp3) is 0.583. The van der Waals surface area contributed by atoms with Crippen LogP contribution < -0.4 is 14.4 Å². The number of ketones is 2. The Hall–Kier alpha value is -4.50. The van der Waals surface area contributed by atoms with Gasteiger partial charge in [0.05, 0.1) is 11.6 Å². The molecule has 2 aliphatic heterocycles. The monoisotopic (exact) mass is 868 g/mol. The van der Waals surface area contributed by atoms with Crippen LogP contribution in [0.2, 0.25) is 18.1 Å². The zero-order valence-corrected chi connectivity index (χ0v) is 39.5. The molecule has 0 spiro atoms. The number of carbonyl (C=O) groups is 3. The summed E-state index contributed by atoms with van der Waals surface area (Å²) in [7, 11) is 1.22. The maximum absolute atomic E-state index is 16.2. The molecule has 62 heavy (non-hydrogen) atoms. The van der Waals surface area contributed by atoms with E-state index < -0.39 is 60.2 Å². The molecule has 13 nitrogen and oxygen atoms in total. The highest BCUT2D eigenvalue weighted by molar-refractivity contribution is 6.74. The normalized spacial score (nSPS) is 26.1. The van der Waals surface area contributed by atoms with Crippen molar-refractivity contribution in [2.45, 2.75) is 123 Å². The molecule has 1 saturated carbocycles. The minimum Gasteiger partial charge on any atom is -0.507 e. The van der Waals surface area contributed by atoms with Crippen molar-refractivity contribution in [3.05, 3.63) is 75.5 Å². The molecule has 1 N–H and O–H groups in total. The first-order valence-electron chi connectivity index (χ1n) is 22.3. The minimum atomic E-state index is -2.97. The van der Waals surface area contributed by atoms with Gasteiger partial charge in [-0.15, -0.1) is 0 Å². The molecule has 14 heteroatoms. The predicted molar refractivity (Wildman–Crippen MR) is 238 cm³/mol. The summed E-state index contributed by atoms with van der Waals surface area (Å²) >= 11 is 0. The van der Waals surface area contributed by atoms with Crippen LogP contribution in [-0.4, -0.2) is 97.6 Å². The van der Waals surface area contributed by atoms with Gasteiger partial charge < -0.3 is 33.2 Å². The summed E-state index contributed by atoms with van der Waals surface area (Å²) in [5.41, 5.74) is 1.22. The van der Waals surface area contributed by atoms with Gasteiger partial charge in [0.1, 0.15) is 29.3 Å². The first-order valence-corrected chi connectivity index (χ1v) is 25.2. The maximum atomic E-state index is 16.2. The topological polar surface area (TPSA) is 144 Å². The van der Waals surface area contributed by atoms with Crippen molar-refractivity contribution >= 4 is 37.5 Å². The molecule has 5 aliphatic rings. The number of fused-ring (bicyclic) bond motifs is 8. The van der Waals surface area contributed by atoms with Crippen LogP contribution >= 0.6 is 0 Å². The number of Topliss-reactive ketones (excluding diaryl/α,β-unsaturated/α-hetero) is 2. The fourth-order valence-corrected chi connectivity index (χ4v) is 12.2. The van der Waals surface area contributed by atoms with Crippen LogP contribution in [-0.2, 0) is 27.0 Å². The molecule has 1 saturated heterocycles. The molecule has 0 amide bonds. The van der Waals surface area contributed by atoms with Crippen LogP contribution in [0, 0.1) is 17.8 Å². The number of hydrogen-bond donors (Lipinski definition) is 1. The number of carbonyl (C=O) groups excluding carboxylic acids is 3. The van der Waals surface area contributed by atoms with Crippen LogP contribution in [0.3, 0.4) is 0 Å². The third-order valence-electron chi connectivity index (χ3n) is 14.5. The van der Waals surface area contributed by atoms with Gasteiger partial charge in [-0.1, -0.05) is 65.0 Å². The quantitative estimate of drug-likeness (QED) is 0.0946. The number of likely N-dealkylation sites (tertiary alicyclic amines) is 1. The van der Waals surface area contributed by atoms with E-state index in [1.165, 1.54) is 0 Å². The van der Waals surface area contributed by atoms with Crippen LogP contribution in [0.1, 0.15) is 119 Å². The smallest absolute Gasteiger partial charge is 0.507 e. The lowest BCUT2D eigenvalue weighted by atomic mass is 9.56. The first kappa shape index (κ1) is 44.1. The molecule has 1 aromatic heterocycles. The predicted octanol–water partition coefficient (Wildman–Crippen LogP) is 9.08. The molecular weight excluding hydrogens is 805 g/mol. The van der Waals surface area contributed by atoms with Gasteiger partial charge in [-0.25, -0.2) is 4.79 Å². The van der Waals surface area contributed by atoms with E-state index in [0.29, 0.717) is 37.6 Å². The van der Waals surface area contributed by atoms with Crippen LogP contribution in [0.4, 0.5) is 10.5 Å². The Morgan fingerprint density at radius 1 is 1.03 bits per heavy atom. The summed E-state index contributed by atoms with van der Waals surface area (Å²) in [6.07, 6.45) is 0.798. The number of anilines is 1. The van der Waals surface area contributed by atoms with E-state index in [1.54, 1.807) is 20.8 Å². The highest BCUT2D eigenvalue weighted by Crippen LogP contribution is 2.61. The molecule has 6 atom stereocenters. The maximum Gasteiger partial charge on any atom is 0.514 e. The van der Waals surface area contributed by atoms with E-state index in [1.807, 2.05) is 49.5 Å². The van der Waals surface area contributed by atoms with E-state index in [9.17, 15) is 9.90 Å². The highest BCUT2D eigenvalue weighted by atomic mass is 28.4. The summed E-state index contributed by atoms with van der Waals surface area (Å²) in [5, 5.41) is 16.9. The highest BCUT2D eigenvalue weighted by Gasteiger charge is 2.69. The molecular formula is C48H64N4O9Si. The van der Waals surface area contributed by atoms with Crippen LogP contribution in [0.25, 0.3) is 5.76 Å². The summed E-state index contributed by atoms with van der Waals surface area (Å²) in [5.74, 6) is -1.83. The van der Waals surface area contributed by atoms with Gasteiger partial charge in [0, 0.05) is 36.8 Å². The van der Waals surface area contributed by atoms with Crippen molar-refractivity contribution in [3.63, 3.8) is 0 Å². The van der Waals surface area contributed by atoms with Crippen molar-refractivity contribution in [2.24, 2.45) is 17.8 Å². The number of aromatic nitrogens is 1. The van der Waals surface area contributed by atoms with Gasteiger partial charge in [0.2, 0.25) is 11.6 Å². The SMILES string of the molecule is CCN(CC)[C@@H]1c2onc(OCc3ccccc3)c2C(=O)[C@@]2(O[Si](C)(C)C(C)(C)C)C(=O)C3=C(O)c4c(OC(=O)OC(C)(C)C)cc5c(c4C[C@H]3C[C@@H]12)N(C)CC1CCN(C)C51. The number of ether oxygens (including phenoxy) is 3. The number of nitrogens with zero attached hydrogens (tertiary/aromatic N) is 4. The van der Waals surface area contributed by atoms with Crippen LogP contribution in [0.5, 0.6) is 11.6 Å². The van der Waals surface area contributed by atoms with Crippen molar-refractivity contribution in [1.29, 1.82) is 0 Å². The molecule has 3 heterocycles. The number of benzene rings is 2. The average molecular weight is 869 g/mol. The minimum absolute atomic E-state index is 0.00248. The Labute approximate surface area is 366 Å². The Balaban J connectivity index is 1.36. The van der Waals surface area contributed by atoms with E-state index in [0.717, 1.165) is 41.9 Å². The number of rotatable bonds is 9. The number of hydrogen-bond acceptors (Lipinski definition) is 13. The third-order valence-corrected chi connectivity index (χ3v) is 18.9. The van der Waals surface area contributed by atoms with Gasteiger partial charge in [-0.05, 0) is 125 Å². The van der Waals surface area contributed by atoms with Crippen LogP contribution in [0.15, 0.2) is 46.5 Å². The van der Waals surface area contributed by atoms with E-state index in [2.05, 4.69) is 68.6 Å². The van der Waals surface area contributed by atoms with Crippen molar-refractivity contribution < 1.29 is 42.6 Å². The summed E-state index contributed by atoms with van der Waals surface area (Å²) in [6.45, 7) is 22.8. The Kier molecular flexibility index (Phi) is 11.1. The van der Waals surface area contributed by atoms with E-state index in [-0.39, 0.29) is 46.7 Å². The third kappa shape index (κ3) is 7.09. The van der Waals surface area contributed by atoms with Gasteiger partial charge in [0.15, 0.2) is 19.7 Å². The summed E-state index contributed by atoms with van der Waals surface area (Å²) in [6, 6.07) is 10.9. The van der Waals surface area contributed by atoms with Crippen molar-refractivity contribution in [2.75, 3.05) is 45.2 Å². The van der Waals surface area contributed by atoms with Crippen molar-refractivity contribution in [1.82, 2.24) is 15.0 Å². The zero-order chi connectivity index (χ0) is 44.8. The summed E-state index contributed by atoms with van der Waals surface area (Å²) in [4.78, 5) is 52.4. The number of aliphatic hydroxyl groups is 1. The van der Waals surface area contributed by atoms with E-state index in [4.69, 9.17) is 23.2 Å². The second kappa shape index (κ2) is 15.6. The lowest BCUT2D eigenvalue weighted by molar-refractivity contribution is -0.141. The lowest BCUT2D eigenvalue weighted by Crippen LogP contribution is -2.68. The molecule has 3 aromatic rings. The standard InChI is InChI=1S/C48H64N4O9Si/c1-13-52(14-2)39-32-23-29-22-30-35(33(58-45(56)59-46(3,4)5)24-31-37-28(20-21-50(37)9)25-51(10)38(30)31)40(53)34(29)42(54)48(32,61-62(11,12)47(6,7)8)43(55)36-41(39)60-49-44(36)57-26-27-18-16-15-17-19-27/h15-19,24,28-29,32,37,39,53H,13-14,20-23,25-26H2,1-12H3/t28?,29-,32-,37?,39-,48-/m0/s1. The van der Waals surface area contributed by atoms with Crippen molar-refractivity contribution in [3.8, 4) is 11.6 Å². The van der Waals surface area contributed by atoms with Gasteiger partial charge in [-0.2, -0.15) is 0 Å². The molecule has 2 aromatic carbocycles. The Morgan fingerprint density at radius 3 is 2.37 bits per heavy atom. The average Bonchev–Trinajstić information content (AvgIpc) is 3.78. The first-order chi connectivity index (χ1) is 29.1. The molecule has 334 valence electrons. The van der Waals surface area contributed by atoms with Gasteiger partial charge in [-0.3, -0.25) is 19.4 Å². The molecule has 2 unspecified atom stereocenters. The molecule has 8 rings (SSSR count). The van der Waals surface area contributed by atoms with Gasteiger partial charge in [0.25, 0.3) is 5.88 Å². The second-order valence-corrected chi connectivity index (χ2v) is 25.2. The largest absolute Gasteiger partial charge is 0.514 e.